The minimum atomic E-state index is -0.315. The topological polar surface area (TPSA) is 54.3 Å². The SMILES string of the molecule is Cc1nc(C(=O)N2CCN(C/C=C/c3ccccc3)CC2)nn1-c1ccc(F)cc1. The van der Waals surface area contributed by atoms with E-state index in [4.69, 9.17) is 0 Å². The molecule has 3 aromatic rings. The van der Waals surface area contributed by atoms with Gasteiger partial charge in [-0.15, -0.1) is 5.10 Å². The van der Waals surface area contributed by atoms with Crippen molar-refractivity contribution in [2.45, 2.75) is 6.92 Å². The first-order chi connectivity index (χ1) is 14.6. The molecular weight excluding hydrogens is 381 g/mol. The van der Waals surface area contributed by atoms with Gasteiger partial charge in [0, 0.05) is 32.7 Å². The predicted octanol–water partition coefficient (Wildman–Crippen LogP) is 3.19. The van der Waals surface area contributed by atoms with Crippen LogP contribution in [-0.4, -0.2) is 63.2 Å². The largest absolute Gasteiger partial charge is 0.333 e. The molecule has 1 aliphatic rings. The van der Waals surface area contributed by atoms with Gasteiger partial charge in [-0.2, -0.15) is 0 Å². The lowest BCUT2D eigenvalue weighted by Gasteiger charge is -2.33. The highest BCUT2D eigenvalue weighted by Gasteiger charge is 2.25. The van der Waals surface area contributed by atoms with Crippen LogP contribution in [0.5, 0.6) is 0 Å². The molecule has 6 nitrogen and oxygen atoms in total. The molecule has 0 spiro atoms. The summed E-state index contributed by atoms with van der Waals surface area (Å²) >= 11 is 0. The number of aryl methyl sites for hydroxylation is 1. The highest BCUT2D eigenvalue weighted by Crippen LogP contribution is 2.13. The minimum Gasteiger partial charge on any atom is -0.333 e. The Hall–Kier alpha value is -3.32. The van der Waals surface area contributed by atoms with E-state index in [-0.39, 0.29) is 17.5 Å². The van der Waals surface area contributed by atoms with Crippen LogP contribution in [0.4, 0.5) is 4.39 Å². The van der Waals surface area contributed by atoms with E-state index in [9.17, 15) is 9.18 Å². The van der Waals surface area contributed by atoms with Gasteiger partial charge < -0.3 is 4.90 Å². The molecule has 1 aromatic heterocycles. The summed E-state index contributed by atoms with van der Waals surface area (Å²) in [7, 11) is 0. The average Bonchev–Trinajstić information content (AvgIpc) is 3.17. The fourth-order valence-electron chi connectivity index (χ4n) is 3.48. The van der Waals surface area contributed by atoms with Crippen LogP contribution in [0.15, 0.2) is 60.7 Å². The van der Waals surface area contributed by atoms with Gasteiger partial charge in [-0.25, -0.2) is 14.1 Å². The number of amides is 1. The maximum atomic E-state index is 13.2. The summed E-state index contributed by atoms with van der Waals surface area (Å²) in [6, 6.07) is 16.2. The minimum absolute atomic E-state index is 0.168. The number of rotatable bonds is 5. The summed E-state index contributed by atoms with van der Waals surface area (Å²) in [5.74, 6) is 0.284. The Kier molecular flexibility index (Phi) is 5.99. The molecule has 0 unspecified atom stereocenters. The van der Waals surface area contributed by atoms with Gasteiger partial charge in [0.05, 0.1) is 5.69 Å². The van der Waals surface area contributed by atoms with Gasteiger partial charge in [-0.05, 0) is 36.8 Å². The Morgan fingerprint density at radius 3 is 2.43 bits per heavy atom. The van der Waals surface area contributed by atoms with Crippen molar-refractivity contribution < 1.29 is 9.18 Å². The van der Waals surface area contributed by atoms with Crippen LogP contribution >= 0.6 is 0 Å². The lowest BCUT2D eigenvalue weighted by atomic mass is 10.2. The summed E-state index contributed by atoms with van der Waals surface area (Å²) in [5.41, 5.74) is 1.86. The van der Waals surface area contributed by atoms with Crippen LogP contribution in [0.25, 0.3) is 11.8 Å². The molecule has 1 amide bonds. The summed E-state index contributed by atoms with van der Waals surface area (Å²) < 4.78 is 14.7. The zero-order valence-electron chi connectivity index (χ0n) is 16.9. The summed E-state index contributed by atoms with van der Waals surface area (Å²) in [4.78, 5) is 21.3. The van der Waals surface area contributed by atoms with Crippen molar-refractivity contribution >= 4 is 12.0 Å². The Morgan fingerprint density at radius 1 is 1.03 bits per heavy atom. The van der Waals surface area contributed by atoms with Gasteiger partial charge in [-0.3, -0.25) is 9.69 Å². The van der Waals surface area contributed by atoms with Crippen LogP contribution in [0.3, 0.4) is 0 Å². The second-order valence-electron chi connectivity index (χ2n) is 7.28. The molecule has 2 aromatic carbocycles. The van der Waals surface area contributed by atoms with E-state index < -0.39 is 0 Å². The first-order valence-corrected chi connectivity index (χ1v) is 10.0. The molecule has 1 fully saturated rings. The maximum Gasteiger partial charge on any atom is 0.293 e. The first kappa shape index (κ1) is 20.0. The van der Waals surface area contributed by atoms with E-state index in [1.165, 1.54) is 17.7 Å². The van der Waals surface area contributed by atoms with E-state index in [0.29, 0.717) is 24.6 Å². The second kappa shape index (κ2) is 9.00. The van der Waals surface area contributed by atoms with Crippen LogP contribution in [-0.2, 0) is 0 Å². The molecule has 0 atom stereocenters. The van der Waals surface area contributed by atoms with Crippen molar-refractivity contribution in [1.82, 2.24) is 24.6 Å². The Labute approximate surface area is 175 Å². The molecule has 7 heteroatoms. The van der Waals surface area contributed by atoms with Gasteiger partial charge in [0.15, 0.2) is 0 Å². The number of hydrogen-bond donors (Lipinski definition) is 0. The maximum absolute atomic E-state index is 13.2. The fourth-order valence-corrected chi connectivity index (χ4v) is 3.48. The van der Waals surface area contributed by atoms with Crippen molar-refractivity contribution in [3.8, 4) is 5.69 Å². The molecule has 0 bridgehead atoms. The third-order valence-corrected chi connectivity index (χ3v) is 5.16. The molecule has 0 radical (unpaired) electrons. The number of carbonyl (C=O) groups is 1. The summed E-state index contributed by atoms with van der Waals surface area (Å²) in [6.45, 7) is 5.53. The molecule has 0 N–H and O–H groups in total. The van der Waals surface area contributed by atoms with Crippen molar-refractivity contribution in [3.63, 3.8) is 0 Å². The zero-order chi connectivity index (χ0) is 20.9. The quantitative estimate of drug-likeness (QED) is 0.654. The molecule has 4 rings (SSSR count). The van der Waals surface area contributed by atoms with Crippen molar-refractivity contribution in [3.05, 3.63) is 83.7 Å². The standard InChI is InChI=1S/C23H24FN5O/c1-18-25-22(26-29(18)21-11-9-20(24)10-12-21)23(30)28-16-14-27(15-17-28)13-5-8-19-6-3-2-4-7-19/h2-12H,13-17H2,1H3/b8-5+. The smallest absolute Gasteiger partial charge is 0.293 e. The van der Waals surface area contributed by atoms with Crippen LogP contribution < -0.4 is 0 Å². The van der Waals surface area contributed by atoms with Gasteiger partial charge in [-0.1, -0.05) is 42.5 Å². The fraction of sp³-hybridized carbons (Fsp3) is 0.261. The molecule has 30 heavy (non-hydrogen) atoms. The first-order valence-electron chi connectivity index (χ1n) is 10.0. The number of carbonyl (C=O) groups excluding carboxylic acids is 1. The molecule has 1 saturated heterocycles. The molecule has 2 heterocycles. The Morgan fingerprint density at radius 2 is 1.73 bits per heavy atom. The highest BCUT2D eigenvalue weighted by molar-refractivity contribution is 5.90. The van der Waals surface area contributed by atoms with Gasteiger partial charge >= 0.3 is 0 Å². The lowest BCUT2D eigenvalue weighted by Crippen LogP contribution is -2.48. The van der Waals surface area contributed by atoms with Crippen LogP contribution in [0.1, 0.15) is 22.0 Å². The number of nitrogens with zero attached hydrogens (tertiary/aromatic N) is 5. The lowest BCUT2D eigenvalue weighted by molar-refractivity contribution is 0.0638. The third-order valence-electron chi connectivity index (χ3n) is 5.16. The Balaban J connectivity index is 1.34. The number of hydrogen-bond acceptors (Lipinski definition) is 4. The third kappa shape index (κ3) is 4.63. The Bertz CT molecular complexity index is 1020. The van der Waals surface area contributed by atoms with Gasteiger partial charge in [0.1, 0.15) is 11.6 Å². The van der Waals surface area contributed by atoms with E-state index in [2.05, 4.69) is 39.3 Å². The molecule has 0 aliphatic carbocycles. The average molecular weight is 405 g/mol. The molecule has 154 valence electrons. The van der Waals surface area contributed by atoms with Crippen LogP contribution in [0, 0.1) is 12.7 Å². The monoisotopic (exact) mass is 405 g/mol. The van der Waals surface area contributed by atoms with Crippen molar-refractivity contribution in [2.75, 3.05) is 32.7 Å². The molecular formula is C23H24FN5O. The van der Waals surface area contributed by atoms with E-state index in [0.717, 1.165) is 19.6 Å². The number of benzene rings is 2. The summed E-state index contributed by atoms with van der Waals surface area (Å²) in [6.07, 6.45) is 4.27. The van der Waals surface area contributed by atoms with Gasteiger partial charge in [0.25, 0.3) is 5.91 Å². The van der Waals surface area contributed by atoms with Crippen molar-refractivity contribution in [2.24, 2.45) is 0 Å². The van der Waals surface area contributed by atoms with E-state index in [1.807, 2.05) is 18.2 Å². The summed E-state index contributed by atoms with van der Waals surface area (Å²) in [5, 5.41) is 4.35. The van der Waals surface area contributed by atoms with Gasteiger partial charge in [0.2, 0.25) is 5.82 Å². The normalized spacial score (nSPS) is 15.1. The second-order valence-corrected chi connectivity index (χ2v) is 7.28. The zero-order valence-corrected chi connectivity index (χ0v) is 16.9. The number of halogens is 1. The number of aromatic nitrogens is 3. The molecule has 0 saturated carbocycles. The van der Waals surface area contributed by atoms with E-state index >= 15 is 0 Å². The van der Waals surface area contributed by atoms with E-state index in [1.54, 1.807) is 28.6 Å². The van der Waals surface area contributed by atoms with Crippen LogP contribution in [0.2, 0.25) is 0 Å². The van der Waals surface area contributed by atoms with Crippen molar-refractivity contribution in [1.29, 1.82) is 0 Å². The molecule has 1 aliphatic heterocycles. The predicted molar refractivity (Wildman–Crippen MR) is 114 cm³/mol. The highest BCUT2D eigenvalue weighted by atomic mass is 19.1. The number of piperazine rings is 1.